The Bertz CT molecular complexity index is 1220. The molecule has 2 aromatic carbocycles. The second-order valence-electron chi connectivity index (χ2n) is 11.1. The minimum Gasteiger partial charge on any atom is -0.444 e. The van der Waals surface area contributed by atoms with Crippen molar-refractivity contribution >= 4 is 36.2 Å². The van der Waals surface area contributed by atoms with E-state index in [0.29, 0.717) is 23.2 Å². The Morgan fingerprint density at radius 3 is 2.13 bits per heavy atom. The normalized spacial score (nSPS) is 13.0. The molecule has 0 saturated heterocycles. The van der Waals surface area contributed by atoms with Crippen LogP contribution in [-0.4, -0.2) is 45.7 Å². The Morgan fingerprint density at radius 2 is 1.62 bits per heavy atom. The molecule has 2 aromatic rings. The lowest BCUT2D eigenvalue weighted by Gasteiger charge is -2.44. The van der Waals surface area contributed by atoms with Gasteiger partial charge in [-0.15, -0.1) is 6.42 Å². The number of carbonyl (C=O) groups excluding carboxylic acids is 3. The number of nitrogens with zero attached hydrogens (tertiary/aromatic N) is 1. The Balaban J connectivity index is 2.69. The molecule has 0 fully saturated rings. The summed E-state index contributed by atoms with van der Waals surface area (Å²) in [6.45, 7) is 14.7. The van der Waals surface area contributed by atoms with E-state index in [-0.39, 0.29) is 5.75 Å². The van der Waals surface area contributed by atoms with Gasteiger partial charge in [0.15, 0.2) is 0 Å². The van der Waals surface area contributed by atoms with Gasteiger partial charge in [-0.2, -0.15) is 12.6 Å². The molecule has 2 atom stereocenters. The van der Waals surface area contributed by atoms with Crippen LogP contribution in [0.4, 0.5) is 10.5 Å². The molecular formula is C31H41N3O4S. The molecule has 0 aliphatic rings. The molecule has 0 aliphatic carbocycles. The smallest absolute Gasteiger partial charge is 0.408 e. The zero-order valence-electron chi connectivity index (χ0n) is 24.2. The minimum absolute atomic E-state index is 0.00357. The topological polar surface area (TPSA) is 87.7 Å². The van der Waals surface area contributed by atoms with Crippen LogP contribution in [0.25, 0.3) is 0 Å². The fraction of sp³-hybridized carbons (Fsp3) is 0.452. The van der Waals surface area contributed by atoms with Crippen LogP contribution in [0.15, 0.2) is 42.5 Å². The summed E-state index contributed by atoms with van der Waals surface area (Å²) in [4.78, 5) is 42.6. The van der Waals surface area contributed by atoms with E-state index in [2.05, 4.69) is 29.2 Å². The largest absolute Gasteiger partial charge is 0.444 e. The minimum atomic E-state index is -1.10. The standard InChI is InChI=1S/C31H41N3O4S/c1-10-22-17-12-13-18-23(22)26(27(35)33-25-20(3)15-14-16-21(25)4)34(31(8,9)11-2)28(36)24(19-39)32-29(37)38-30(5,6)7/h1,12-18,24,26,39H,11,19H2,2-9H3,(H,32,37)(H,33,35). The number of carbonyl (C=O) groups is 3. The number of anilines is 1. The fourth-order valence-corrected chi connectivity index (χ4v) is 4.46. The van der Waals surface area contributed by atoms with Crippen molar-refractivity contribution in [3.8, 4) is 12.3 Å². The first kappa shape index (κ1) is 31.8. The number of ether oxygens (including phenoxy) is 1. The number of hydrogen-bond acceptors (Lipinski definition) is 5. The van der Waals surface area contributed by atoms with Crippen molar-refractivity contribution in [1.29, 1.82) is 0 Å². The third-order valence-corrected chi connectivity index (χ3v) is 6.94. The molecule has 0 spiro atoms. The van der Waals surface area contributed by atoms with Crippen molar-refractivity contribution in [2.75, 3.05) is 11.1 Å². The predicted molar refractivity (Wildman–Crippen MR) is 160 cm³/mol. The Kier molecular flexibility index (Phi) is 10.7. The maximum Gasteiger partial charge on any atom is 0.408 e. The molecule has 0 aliphatic heterocycles. The first-order valence-corrected chi connectivity index (χ1v) is 13.7. The zero-order chi connectivity index (χ0) is 29.5. The van der Waals surface area contributed by atoms with Crippen molar-refractivity contribution in [2.45, 2.75) is 85.0 Å². The molecule has 8 heteroatoms. The Labute approximate surface area is 238 Å². The first-order chi connectivity index (χ1) is 18.2. The number of thiol groups is 1. The number of nitrogens with one attached hydrogen (secondary N) is 2. The third-order valence-electron chi connectivity index (χ3n) is 6.57. The summed E-state index contributed by atoms with van der Waals surface area (Å²) in [5.41, 5.74) is 1.89. The van der Waals surface area contributed by atoms with Gasteiger partial charge in [-0.25, -0.2) is 4.79 Å². The highest BCUT2D eigenvalue weighted by Gasteiger charge is 2.43. The number of terminal acetylenes is 1. The Morgan fingerprint density at radius 1 is 1.03 bits per heavy atom. The highest BCUT2D eigenvalue weighted by molar-refractivity contribution is 7.80. The van der Waals surface area contributed by atoms with E-state index in [4.69, 9.17) is 11.2 Å². The molecule has 2 N–H and O–H groups in total. The number of aryl methyl sites for hydroxylation is 2. The molecular weight excluding hydrogens is 510 g/mol. The average Bonchev–Trinajstić information content (AvgIpc) is 2.86. The van der Waals surface area contributed by atoms with E-state index in [1.165, 1.54) is 4.90 Å². The van der Waals surface area contributed by atoms with E-state index < -0.39 is 41.1 Å². The van der Waals surface area contributed by atoms with E-state index in [0.717, 1.165) is 11.1 Å². The van der Waals surface area contributed by atoms with Crippen LogP contribution < -0.4 is 10.6 Å². The summed E-state index contributed by atoms with van der Waals surface area (Å²) in [6.07, 6.45) is 5.62. The van der Waals surface area contributed by atoms with Crippen molar-refractivity contribution < 1.29 is 19.1 Å². The summed E-state index contributed by atoms with van der Waals surface area (Å²) in [6, 6.07) is 10.7. The van der Waals surface area contributed by atoms with Gasteiger partial charge in [0.25, 0.3) is 5.91 Å². The molecule has 0 bridgehead atoms. The van der Waals surface area contributed by atoms with E-state index in [1.54, 1.807) is 45.0 Å². The highest BCUT2D eigenvalue weighted by Crippen LogP contribution is 2.35. The summed E-state index contributed by atoms with van der Waals surface area (Å²) < 4.78 is 5.39. The van der Waals surface area contributed by atoms with Crippen molar-refractivity contribution in [2.24, 2.45) is 0 Å². The fourth-order valence-electron chi connectivity index (χ4n) is 4.22. The molecule has 2 rings (SSSR count). The van der Waals surface area contributed by atoms with Gasteiger partial charge < -0.3 is 20.3 Å². The van der Waals surface area contributed by atoms with Gasteiger partial charge in [-0.05, 0) is 77.6 Å². The summed E-state index contributed by atoms with van der Waals surface area (Å²) in [7, 11) is 0. The van der Waals surface area contributed by atoms with Crippen LogP contribution in [0.2, 0.25) is 0 Å². The molecule has 0 heterocycles. The van der Waals surface area contributed by atoms with Crippen LogP contribution >= 0.6 is 12.6 Å². The monoisotopic (exact) mass is 551 g/mol. The van der Waals surface area contributed by atoms with Crippen molar-refractivity contribution in [3.63, 3.8) is 0 Å². The highest BCUT2D eigenvalue weighted by atomic mass is 32.1. The van der Waals surface area contributed by atoms with E-state index in [1.807, 2.05) is 52.8 Å². The summed E-state index contributed by atoms with van der Waals surface area (Å²) in [5.74, 6) is 1.76. The number of para-hydroxylation sites is 1. The quantitative estimate of drug-likeness (QED) is 0.271. The lowest BCUT2D eigenvalue weighted by molar-refractivity contribution is -0.147. The average molecular weight is 552 g/mol. The van der Waals surface area contributed by atoms with Crippen LogP contribution in [-0.2, 0) is 14.3 Å². The molecule has 0 radical (unpaired) electrons. The van der Waals surface area contributed by atoms with Crippen LogP contribution in [0.1, 0.15) is 76.3 Å². The number of benzene rings is 2. The van der Waals surface area contributed by atoms with Gasteiger partial charge in [-0.1, -0.05) is 49.2 Å². The molecule has 3 amide bonds. The Hall–Kier alpha value is -3.44. The number of amides is 3. The maximum atomic E-state index is 14.3. The zero-order valence-corrected chi connectivity index (χ0v) is 25.1. The molecule has 39 heavy (non-hydrogen) atoms. The van der Waals surface area contributed by atoms with Crippen molar-refractivity contribution in [1.82, 2.24) is 10.2 Å². The van der Waals surface area contributed by atoms with E-state index in [9.17, 15) is 14.4 Å². The van der Waals surface area contributed by atoms with Crippen LogP contribution in [0.5, 0.6) is 0 Å². The second kappa shape index (κ2) is 13.1. The third kappa shape index (κ3) is 8.03. The molecule has 7 nitrogen and oxygen atoms in total. The van der Waals surface area contributed by atoms with Gasteiger partial charge in [0.1, 0.15) is 17.7 Å². The van der Waals surface area contributed by atoms with Crippen LogP contribution in [0.3, 0.4) is 0 Å². The number of alkyl carbamates (subject to hydrolysis) is 1. The lowest BCUT2D eigenvalue weighted by Crippen LogP contribution is -2.59. The number of hydrogen-bond donors (Lipinski definition) is 3. The predicted octanol–water partition coefficient (Wildman–Crippen LogP) is 5.80. The molecule has 2 unspecified atom stereocenters. The van der Waals surface area contributed by atoms with Crippen LogP contribution in [0, 0.1) is 26.2 Å². The summed E-state index contributed by atoms with van der Waals surface area (Å²) >= 11 is 4.36. The van der Waals surface area contributed by atoms with Gasteiger partial charge in [0.05, 0.1) is 0 Å². The lowest BCUT2D eigenvalue weighted by atomic mass is 9.90. The maximum absolute atomic E-state index is 14.3. The van der Waals surface area contributed by atoms with Gasteiger partial charge in [0, 0.05) is 22.5 Å². The van der Waals surface area contributed by atoms with Gasteiger partial charge in [-0.3, -0.25) is 9.59 Å². The SMILES string of the molecule is C#Cc1ccccc1C(C(=O)Nc1c(C)cccc1C)N(C(=O)C(CS)NC(=O)OC(C)(C)C)C(C)(C)CC. The van der Waals surface area contributed by atoms with Gasteiger partial charge >= 0.3 is 6.09 Å². The molecule has 0 aromatic heterocycles. The molecule has 0 saturated carbocycles. The van der Waals surface area contributed by atoms with E-state index >= 15 is 0 Å². The summed E-state index contributed by atoms with van der Waals surface area (Å²) in [5, 5.41) is 5.70. The first-order valence-electron chi connectivity index (χ1n) is 13.0. The second-order valence-corrected chi connectivity index (χ2v) is 11.5. The number of rotatable bonds is 9. The van der Waals surface area contributed by atoms with Crippen molar-refractivity contribution in [3.05, 3.63) is 64.7 Å². The van der Waals surface area contributed by atoms with Gasteiger partial charge in [0.2, 0.25) is 5.91 Å². The molecule has 210 valence electrons.